The number of imidazole rings is 1. The summed E-state index contributed by atoms with van der Waals surface area (Å²) in [7, 11) is 1.66. The highest BCUT2D eigenvalue weighted by atomic mass is 16.5. The van der Waals surface area contributed by atoms with Gasteiger partial charge in [0.15, 0.2) is 0 Å². The predicted molar refractivity (Wildman–Crippen MR) is 97.5 cm³/mol. The number of aromatic nitrogens is 2. The Morgan fingerprint density at radius 1 is 1.28 bits per heavy atom. The van der Waals surface area contributed by atoms with Crippen molar-refractivity contribution in [3.63, 3.8) is 0 Å². The SMILES string of the molecule is CCn1ccnc1C1CCCCN1C(=O)CCc1ccc(OC)cc1. The molecular formula is C20H27N3O2. The monoisotopic (exact) mass is 341 g/mol. The maximum absolute atomic E-state index is 12.9. The Morgan fingerprint density at radius 2 is 2.08 bits per heavy atom. The summed E-state index contributed by atoms with van der Waals surface area (Å²) in [5.41, 5.74) is 1.16. The Morgan fingerprint density at radius 3 is 2.80 bits per heavy atom. The van der Waals surface area contributed by atoms with E-state index in [1.54, 1.807) is 7.11 Å². The van der Waals surface area contributed by atoms with E-state index >= 15 is 0 Å². The van der Waals surface area contributed by atoms with Crippen LogP contribution in [0, 0.1) is 0 Å². The van der Waals surface area contributed by atoms with Gasteiger partial charge in [-0.15, -0.1) is 0 Å². The Kier molecular flexibility index (Phi) is 5.74. The third-order valence-electron chi connectivity index (χ3n) is 5.00. The number of piperidine rings is 1. The van der Waals surface area contributed by atoms with Crippen molar-refractivity contribution in [2.45, 2.75) is 51.6 Å². The lowest BCUT2D eigenvalue weighted by molar-refractivity contribution is -0.135. The molecule has 1 fully saturated rings. The molecule has 25 heavy (non-hydrogen) atoms. The fourth-order valence-electron chi connectivity index (χ4n) is 3.57. The van der Waals surface area contributed by atoms with Crippen molar-refractivity contribution < 1.29 is 9.53 Å². The van der Waals surface area contributed by atoms with Crippen LogP contribution in [-0.2, 0) is 17.8 Å². The Hall–Kier alpha value is -2.30. The predicted octanol–water partition coefficient (Wildman–Crippen LogP) is 3.60. The molecule has 3 rings (SSSR count). The summed E-state index contributed by atoms with van der Waals surface area (Å²) in [5, 5.41) is 0. The molecule has 1 aromatic heterocycles. The molecule has 1 amide bonds. The third-order valence-corrected chi connectivity index (χ3v) is 5.00. The van der Waals surface area contributed by atoms with Crippen LogP contribution in [0.4, 0.5) is 0 Å². The fourth-order valence-corrected chi connectivity index (χ4v) is 3.57. The second-order valence-electron chi connectivity index (χ2n) is 6.52. The van der Waals surface area contributed by atoms with Gasteiger partial charge in [0.25, 0.3) is 0 Å². The van der Waals surface area contributed by atoms with E-state index in [1.807, 2.05) is 41.6 Å². The van der Waals surface area contributed by atoms with Gasteiger partial charge in [-0.3, -0.25) is 4.79 Å². The number of benzene rings is 1. The van der Waals surface area contributed by atoms with E-state index < -0.39 is 0 Å². The first-order chi connectivity index (χ1) is 12.2. The zero-order chi connectivity index (χ0) is 17.6. The van der Waals surface area contributed by atoms with Gasteiger partial charge in [-0.05, 0) is 50.3 Å². The summed E-state index contributed by atoms with van der Waals surface area (Å²) in [6.07, 6.45) is 8.38. The fraction of sp³-hybridized carbons (Fsp3) is 0.500. The lowest BCUT2D eigenvalue weighted by Crippen LogP contribution is -2.39. The minimum absolute atomic E-state index is 0.118. The van der Waals surface area contributed by atoms with Gasteiger partial charge in [0, 0.05) is 31.9 Å². The quantitative estimate of drug-likeness (QED) is 0.806. The van der Waals surface area contributed by atoms with E-state index in [1.165, 1.54) is 0 Å². The minimum Gasteiger partial charge on any atom is -0.497 e. The second kappa shape index (κ2) is 8.19. The van der Waals surface area contributed by atoms with Gasteiger partial charge >= 0.3 is 0 Å². The van der Waals surface area contributed by atoms with Crippen LogP contribution in [0.2, 0.25) is 0 Å². The summed E-state index contributed by atoms with van der Waals surface area (Å²) in [6, 6.07) is 8.07. The molecule has 0 saturated carbocycles. The summed E-state index contributed by atoms with van der Waals surface area (Å²) in [6.45, 7) is 3.84. The molecule has 0 bridgehead atoms. The highest BCUT2D eigenvalue weighted by Crippen LogP contribution is 2.30. The first kappa shape index (κ1) is 17.5. The topological polar surface area (TPSA) is 47.4 Å². The number of hydrogen-bond donors (Lipinski definition) is 0. The lowest BCUT2D eigenvalue weighted by atomic mass is 10.00. The highest BCUT2D eigenvalue weighted by molar-refractivity contribution is 5.77. The van der Waals surface area contributed by atoms with Crippen LogP contribution in [-0.4, -0.2) is 34.0 Å². The molecule has 1 unspecified atom stereocenters. The van der Waals surface area contributed by atoms with Crippen molar-refractivity contribution in [2.24, 2.45) is 0 Å². The van der Waals surface area contributed by atoms with Crippen molar-refractivity contribution in [1.29, 1.82) is 0 Å². The van der Waals surface area contributed by atoms with Gasteiger partial charge in [-0.1, -0.05) is 12.1 Å². The van der Waals surface area contributed by atoms with Crippen LogP contribution in [0.1, 0.15) is 50.0 Å². The number of carbonyl (C=O) groups excluding carboxylic acids is 1. The van der Waals surface area contributed by atoms with Crippen LogP contribution >= 0.6 is 0 Å². The smallest absolute Gasteiger partial charge is 0.223 e. The number of aryl methyl sites for hydroxylation is 2. The summed E-state index contributed by atoms with van der Waals surface area (Å²) in [5.74, 6) is 2.10. The van der Waals surface area contributed by atoms with E-state index in [0.717, 1.165) is 55.9 Å². The second-order valence-corrected chi connectivity index (χ2v) is 6.52. The molecule has 134 valence electrons. The van der Waals surface area contributed by atoms with Crippen molar-refractivity contribution in [2.75, 3.05) is 13.7 Å². The van der Waals surface area contributed by atoms with Gasteiger partial charge in [0.1, 0.15) is 11.6 Å². The maximum atomic E-state index is 12.9. The molecule has 1 aliphatic rings. The molecule has 0 radical (unpaired) electrons. The lowest BCUT2D eigenvalue weighted by Gasteiger charge is -2.35. The van der Waals surface area contributed by atoms with Gasteiger partial charge < -0.3 is 14.2 Å². The van der Waals surface area contributed by atoms with E-state index in [2.05, 4.69) is 16.5 Å². The molecule has 0 N–H and O–H groups in total. The molecule has 2 heterocycles. The molecule has 0 aliphatic carbocycles. The largest absolute Gasteiger partial charge is 0.497 e. The third kappa shape index (κ3) is 4.03. The van der Waals surface area contributed by atoms with Crippen molar-refractivity contribution in [3.05, 3.63) is 48.0 Å². The highest BCUT2D eigenvalue weighted by Gasteiger charge is 2.30. The van der Waals surface area contributed by atoms with Crippen molar-refractivity contribution in [1.82, 2.24) is 14.5 Å². The van der Waals surface area contributed by atoms with Gasteiger partial charge in [-0.25, -0.2) is 4.98 Å². The van der Waals surface area contributed by atoms with Crippen LogP contribution in [0.3, 0.4) is 0 Å². The molecule has 0 spiro atoms. The number of rotatable bonds is 6. The summed E-state index contributed by atoms with van der Waals surface area (Å²) < 4.78 is 7.34. The Balaban J connectivity index is 1.66. The normalized spacial score (nSPS) is 17.5. The number of amides is 1. The first-order valence-electron chi connectivity index (χ1n) is 9.16. The number of ether oxygens (including phenoxy) is 1. The van der Waals surface area contributed by atoms with Gasteiger partial charge in [-0.2, -0.15) is 0 Å². The van der Waals surface area contributed by atoms with E-state index in [-0.39, 0.29) is 11.9 Å². The molecule has 5 nitrogen and oxygen atoms in total. The molecular weight excluding hydrogens is 314 g/mol. The van der Waals surface area contributed by atoms with Crippen LogP contribution < -0.4 is 4.74 Å². The Labute approximate surface area is 149 Å². The first-order valence-corrected chi connectivity index (χ1v) is 9.16. The number of nitrogens with zero attached hydrogens (tertiary/aromatic N) is 3. The molecule has 1 aromatic carbocycles. The summed E-state index contributed by atoms with van der Waals surface area (Å²) >= 11 is 0. The number of likely N-dealkylation sites (tertiary alicyclic amines) is 1. The minimum atomic E-state index is 0.118. The van der Waals surface area contributed by atoms with Crippen molar-refractivity contribution in [3.8, 4) is 5.75 Å². The summed E-state index contributed by atoms with van der Waals surface area (Å²) in [4.78, 5) is 19.4. The number of hydrogen-bond acceptors (Lipinski definition) is 3. The standard InChI is InChI=1S/C20H27N3O2/c1-3-22-15-13-21-20(22)18-6-4-5-14-23(18)19(24)12-9-16-7-10-17(25-2)11-8-16/h7-8,10-11,13,15,18H,3-6,9,12,14H2,1-2H3. The van der Waals surface area contributed by atoms with E-state index in [4.69, 9.17) is 4.74 Å². The molecule has 1 atom stereocenters. The van der Waals surface area contributed by atoms with Crippen molar-refractivity contribution >= 4 is 5.91 Å². The van der Waals surface area contributed by atoms with Gasteiger partial charge in [0.2, 0.25) is 5.91 Å². The average Bonchev–Trinajstić information content (AvgIpc) is 3.15. The van der Waals surface area contributed by atoms with E-state index in [9.17, 15) is 4.79 Å². The van der Waals surface area contributed by atoms with Crippen LogP contribution in [0.25, 0.3) is 0 Å². The molecule has 5 heteroatoms. The van der Waals surface area contributed by atoms with E-state index in [0.29, 0.717) is 6.42 Å². The molecule has 1 aliphatic heterocycles. The molecule has 1 saturated heterocycles. The molecule has 2 aromatic rings. The zero-order valence-electron chi connectivity index (χ0n) is 15.1. The zero-order valence-corrected chi connectivity index (χ0v) is 15.1. The maximum Gasteiger partial charge on any atom is 0.223 e. The number of methoxy groups -OCH3 is 1. The van der Waals surface area contributed by atoms with Crippen LogP contribution in [0.15, 0.2) is 36.7 Å². The number of carbonyl (C=O) groups is 1. The van der Waals surface area contributed by atoms with Gasteiger partial charge in [0.05, 0.1) is 13.2 Å². The Bertz CT molecular complexity index is 693. The average molecular weight is 341 g/mol. The van der Waals surface area contributed by atoms with Crippen LogP contribution in [0.5, 0.6) is 5.75 Å².